The highest BCUT2D eigenvalue weighted by molar-refractivity contribution is 6.11. The van der Waals surface area contributed by atoms with Crippen molar-refractivity contribution in [2.24, 2.45) is 0 Å². The highest BCUT2D eigenvalue weighted by Crippen LogP contribution is 2.10. The monoisotopic (exact) mass is 141 g/mol. The molecule has 1 unspecified atom stereocenters. The summed E-state index contributed by atoms with van der Waals surface area (Å²) >= 11 is 1.36. The van der Waals surface area contributed by atoms with E-state index in [9.17, 15) is 0 Å². The van der Waals surface area contributed by atoms with Gasteiger partial charge in [-0.25, -0.2) is 0 Å². The summed E-state index contributed by atoms with van der Waals surface area (Å²) in [5.41, 5.74) is 0. The van der Waals surface area contributed by atoms with Gasteiger partial charge in [0.1, 0.15) is 0 Å². The number of nitrogens with zero attached hydrogens (tertiary/aromatic N) is 1. The normalized spacial score (nSPS) is 24.6. The first-order valence-electron chi connectivity index (χ1n) is 4.01. The molecule has 1 fully saturated rings. The van der Waals surface area contributed by atoms with Crippen LogP contribution in [0.4, 0.5) is 0 Å². The Kier molecular flexibility index (Phi) is 3.05. The Morgan fingerprint density at radius 2 is 2.00 bits per heavy atom. The van der Waals surface area contributed by atoms with E-state index in [-0.39, 0.29) is 0 Å². The Morgan fingerprint density at radius 1 is 1.44 bits per heavy atom. The van der Waals surface area contributed by atoms with Crippen LogP contribution in [0.5, 0.6) is 0 Å². The van der Waals surface area contributed by atoms with Crippen molar-refractivity contribution < 1.29 is 0 Å². The minimum Gasteiger partial charge on any atom is -0.304 e. The van der Waals surface area contributed by atoms with Gasteiger partial charge in [0, 0.05) is 0 Å². The average Bonchev–Trinajstić information content (AvgIpc) is 2.15. The maximum atomic E-state index is 2.59. The second kappa shape index (κ2) is 3.61. The third-order valence-corrected chi connectivity index (χ3v) is 2.19. The zero-order chi connectivity index (χ0) is 6.69. The van der Waals surface area contributed by atoms with Crippen LogP contribution >= 0.6 is 0 Å². The zero-order valence-corrected chi connectivity index (χ0v) is 8.56. The predicted molar refractivity (Wildman–Crippen MR) is 43.6 cm³/mol. The first-order valence-corrected chi connectivity index (χ1v) is 5.17. The molecule has 0 aromatic carbocycles. The van der Waals surface area contributed by atoms with Crippen LogP contribution in [0.15, 0.2) is 0 Å². The molecule has 0 bridgehead atoms. The van der Waals surface area contributed by atoms with E-state index in [0.717, 1.165) is 4.78 Å². The summed E-state index contributed by atoms with van der Waals surface area (Å²) < 4.78 is 0.989. The molecule has 0 aromatic heterocycles. The lowest BCUT2D eigenvalue weighted by atomic mass is 10.4. The van der Waals surface area contributed by atoms with E-state index in [1.807, 2.05) is 0 Å². The molecule has 0 radical (unpaired) electrons. The van der Waals surface area contributed by atoms with Crippen LogP contribution in [-0.4, -0.2) is 40.8 Å². The molecule has 0 aliphatic carbocycles. The topological polar surface area (TPSA) is 3.24 Å². The van der Waals surface area contributed by atoms with E-state index >= 15 is 0 Å². The molecule has 52 valence electrons. The lowest BCUT2D eigenvalue weighted by molar-refractivity contribution is 0.340. The van der Waals surface area contributed by atoms with Crippen molar-refractivity contribution in [1.82, 2.24) is 4.90 Å². The first-order chi connectivity index (χ1) is 4.29. The fourth-order valence-electron chi connectivity index (χ4n) is 1.48. The minimum absolute atomic E-state index is 0.989. The number of likely N-dealkylation sites (tertiary alicyclic amines) is 1. The first kappa shape index (κ1) is 7.60. The fraction of sp³-hybridized carbons (Fsp3) is 1.00. The second-order valence-corrected chi connectivity index (χ2v) is 5.37. The molecular formula is C7H16AlN. The maximum Gasteiger partial charge on any atom is 0.217 e. The molecule has 1 rings (SSSR count). The quantitative estimate of drug-likeness (QED) is 0.507. The van der Waals surface area contributed by atoms with Crippen LogP contribution in [-0.2, 0) is 0 Å². The van der Waals surface area contributed by atoms with Gasteiger partial charge in [-0.1, -0.05) is 11.7 Å². The van der Waals surface area contributed by atoms with E-state index in [0.29, 0.717) is 0 Å². The van der Waals surface area contributed by atoms with Crippen molar-refractivity contribution in [2.45, 2.75) is 24.5 Å². The fourth-order valence-corrected chi connectivity index (χ4v) is 2.00. The molecule has 2 heteroatoms. The number of hydrogen-bond acceptors (Lipinski definition) is 1. The minimum atomic E-state index is 0.989. The summed E-state index contributed by atoms with van der Waals surface area (Å²) in [4.78, 5) is 2.59. The van der Waals surface area contributed by atoms with Gasteiger partial charge >= 0.3 is 0 Å². The summed E-state index contributed by atoms with van der Waals surface area (Å²) in [5, 5.41) is 0. The molecule has 1 heterocycles. The third-order valence-electron chi connectivity index (χ3n) is 1.82. The maximum absolute atomic E-state index is 2.59. The van der Waals surface area contributed by atoms with E-state index in [4.69, 9.17) is 0 Å². The van der Waals surface area contributed by atoms with Crippen LogP contribution in [0, 0.1) is 0 Å². The van der Waals surface area contributed by atoms with Gasteiger partial charge in [0.15, 0.2) is 0 Å². The molecule has 9 heavy (non-hydrogen) atoms. The van der Waals surface area contributed by atoms with Crippen molar-refractivity contribution in [3.63, 3.8) is 0 Å². The molecule has 0 aromatic rings. The predicted octanol–water partition coefficient (Wildman–Crippen LogP) is 0.524. The van der Waals surface area contributed by atoms with E-state index in [1.54, 1.807) is 0 Å². The average molecular weight is 141 g/mol. The molecular weight excluding hydrogens is 125 g/mol. The van der Waals surface area contributed by atoms with Crippen molar-refractivity contribution in [3.05, 3.63) is 0 Å². The second-order valence-electron chi connectivity index (χ2n) is 3.40. The van der Waals surface area contributed by atoms with Crippen LogP contribution in [0.1, 0.15) is 19.8 Å². The van der Waals surface area contributed by atoms with Gasteiger partial charge in [-0.05, 0) is 32.5 Å². The Hall–Kier alpha value is 0.492. The van der Waals surface area contributed by atoms with Gasteiger partial charge in [-0.2, -0.15) is 0 Å². The Labute approximate surface area is 65.8 Å². The summed E-state index contributed by atoms with van der Waals surface area (Å²) in [7, 11) is 0. The largest absolute Gasteiger partial charge is 0.304 e. The van der Waals surface area contributed by atoms with Crippen LogP contribution in [0.25, 0.3) is 0 Å². The zero-order valence-electron chi connectivity index (χ0n) is 6.56. The Bertz CT molecular complexity index is 77.0. The van der Waals surface area contributed by atoms with E-state index in [1.165, 1.54) is 48.8 Å². The SMILES string of the molecule is C[CH]([AlH2])CN1CCCC1. The van der Waals surface area contributed by atoms with Crippen LogP contribution in [0.2, 0.25) is 4.78 Å². The summed E-state index contributed by atoms with van der Waals surface area (Å²) in [6.07, 6.45) is 2.88. The van der Waals surface area contributed by atoms with Gasteiger partial charge < -0.3 is 4.90 Å². The molecule has 0 amide bonds. The van der Waals surface area contributed by atoms with Gasteiger partial charge in [0.05, 0.1) is 0 Å². The van der Waals surface area contributed by atoms with Gasteiger partial charge in [0.2, 0.25) is 16.3 Å². The molecule has 0 spiro atoms. The summed E-state index contributed by atoms with van der Waals surface area (Å²) in [6.45, 7) is 6.45. The highest BCUT2D eigenvalue weighted by atomic mass is 27.0. The lowest BCUT2D eigenvalue weighted by Gasteiger charge is -2.16. The standard InChI is InChI=1S/C7H14N.Al.2H/c1-2-5-8-6-3-4-7-8;;;/h2H,3-7H2,1H3;;;. The molecule has 0 N–H and O–H groups in total. The van der Waals surface area contributed by atoms with Crippen molar-refractivity contribution in [3.8, 4) is 0 Å². The van der Waals surface area contributed by atoms with Crippen LogP contribution < -0.4 is 0 Å². The van der Waals surface area contributed by atoms with Crippen molar-refractivity contribution in [2.75, 3.05) is 19.6 Å². The van der Waals surface area contributed by atoms with Crippen LogP contribution in [0.3, 0.4) is 0 Å². The smallest absolute Gasteiger partial charge is 0.217 e. The molecule has 1 nitrogen and oxygen atoms in total. The van der Waals surface area contributed by atoms with E-state index in [2.05, 4.69) is 11.8 Å². The molecule has 0 saturated carbocycles. The van der Waals surface area contributed by atoms with Crippen molar-refractivity contribution >= 4 is 16.3 Å². The Balaban J connectivity index is 2.11. The molecule has 1 atom stereocenters. The molecule has 1 aliphatic heterocycles. The summed E-state index contributed by atoms with van der Waals surface area (Å²) in [5.74, 6) is 0. The Morgan fingerprint density at radius 3 is 2.44 bits per heavy atom. The lowest BCUT2D eigenvalue weighted by Crippen LogP contribution is -2.22. The van der Waals surface area contributed by atoms with E-state index < -0.39 is 0 Å². The van der Waals surface area contributed by atoms with Gasteiger partial charge in [0.25, 0.3) is 0 Å². The van der Waals surface area contributed by atoms with Gasteiger partial charge in [-0.15, -0.1) is 0 Å². The molecule has 1 aliphatic rings. The van der Waals surface area contributed by atoms with Crippen molar-refractivity contribution in [1.29, 1.82) is 0 Å². The van der Waals surface area contributed by atoms with Gasteiger partial charge in [-0.3, -0.25) is 0 Å². The highest BCUT2D eigenvalue weighted by Gasteiger charge is 2.11. The summed E-state index contributed by atoms with van der Waals surface area (Å²) in [6, 6.07) is 0. The number of hydrogen-bond donors (Lipinski definition) is 0. The third kappa shape index (κ3) is 2.71. The molecule has 1 saturated heterocycles. The number of rotatable bonds is 2.